The summed E-state index contributed by atoms with van der Waals surface area (Å²) in [5, 5.41) is 9.20. The maximum atomic E-state index is 11.2. The molecule has 0 bridgehead atoms. The molecule has 1 rings (SSSR count). The molecule has 3 N–H and O–H groups in total. The topological polar surface area (TPSA) is 81.8 Å². The van der Waals surface area contributed by atoms with Crippen LogP contribution >= 0.6 is 0 Å². The van der Waals surface area contributed by atoms with Gasteiger partial charge in [0.05, 0.1) is 20.1 Å². The molecule has 19 heavy (non-hydrogen) atoms. The van der Waals surface area contributed by atoms with Crippen LogP contribution in [0.3, 0.4) is 0 Å². The van der Waals surface area contributed by atoms with E-state index < -0.39 is 17.9 Å². The molecule has 1 aromatic carbocycles. The fourth-order valence-electron chi connectivity index (χ4n) is 2.13. The largest absolute Gasteiger partial charge is 0.496 e. The third kappa shape index (κ3) is 3.17. The van der Waals surface area contributed by atoms with Crippen molar-refractivity contribution in [3.8, 4) is 11.5 Å². The molecule has 0 amide bonds. The number of carboxylic acid groups (broad SMARTS) is 1. The Bertz CT molecular complexity index is 459. The Morgan fingerprint density at radius 2 is 1.89 bits per heavy atom. The number of methoxy groups -OCH3 is 2. The molecule has 0 radical (unpaired) electrons. The quantitative estimate of drug-likeness (QED) is 0.825. The molecule has 1 aromatic rings. The predicted molar refractivity (Wildman–Crippen MR) is 72.6 cm³/mol. The molecular formula is C14H21NO4. The summed E-state index contributed by atoms with van der Waals surface area (Å²) in [4.78, 5) is 11.2. The first-order valence-electron chi connectivity index (χ1n) is 6.17. The lowest BCUT2D eigenvalue weighted by Crippen LogP contribution is -2.28. The van der Waals surface area contributed by atoms with Gasteiger partial charge >= 0.3 is 5.97 Å². The fourth-order valence-corrected chi connectivity index (χ4v) is 2.13. The lowest BCUT2D eigenvalue weighted by Gasteiger charge is -2.22. The average molecular weight is 267 g/mol. The van der Waals surface area contributed by atoms with Gasteiger partial charge in [0.25, 0.3) is 0 Å². The number of rotatable bonds is 6. The summed E-state index contributed by atoms with van der Waals surface area (Å²) >= 11 is 0. The Balaban J connectivity index is 3.27. The van der Waals surface area contributed by atoms with Crippen LogP contribution < -0.4 is 15.2 Å². The van der Waals surface area contributed by atoms with Crippen LogP contribution in [0.2, 0.25) is 0 Å². The molecule has 2 atom stereocenters. The van der Waals surface area contributed by atoms with Crippen molar-refractivity contribution in [1.29, 1.82) is 0 Å². The molecule has 0 fully saturated rings. The molecule has 106 valence electrons. The number of aliphatic carboxylic acids is 1. The molecule has 2 unspecified atom stereocenters. The number of carboxylic acids is 1. The van der Waals surface area contributed by atoms with E-state index in [0.29, 0.717) is 23.5 Å². The fraction of sp³-hybridized carbons (Fsp3) is 0.500. The van der Waals surface area contributed by atoms with E-state index in [1.165, 1.54) is 0 Å². The monoisotopic (exact) mass is 267 g/mol. The Morgan fingerprint density at radius 1 is 1.32 bits per heavy atom. The zero-order valence-corrected chi connectivity index (χ0v) is 11.8. The molecule has 0 aliphatic rings. The molecule has 0 aliphatic carbocycles. The van der Waals surface area contributed by atoms with E-state index in [-0.39, 0.29) is 0 Å². The van der Waals surface area contributed by atoms with E-state index >= 15 is 0 Å². The van der Waals surface area contributed by atoms with Gasteiger partial charge in [0.2, 0.25) is 0 Å². The van der Waals surface area contributed by atoms with Crippen molar-refractivity contribution in [3.63, 3.8) is 0 Å². The molecule has 0 aromatic heterocycles. The van der Waals surface area contributed by atoms with Gasteiger partial charge in [-0.1, -0.05) is 6.92 Å². The van der Waals surface area contributed by atoms with Crippen molar-refractivity contribution in [2.45, 2.75) is 26.3 Å². The second kappa shape index (κ2) is 6.43. The van der Waals surface area contributed by atoms with Gasteiger partial charge in [0.1, 0.15) is 11.5 Å². The van der Waals surface area contributed by atoms with Gasteiger partial charge < -0.3 is 20.3 Å². The third-order valence-corrected chi connectivity index (χ3v) is 3.30. The number of carbonyl (C=O) groups is 1. The lowest BCUT2D eigenvalue weighted by atomic mass is 9.90. The highest BCUT2D eigenvalue weighted by Crippen LogP contribution is 2.35. The molecule has 0 saturated carbocycles. The van der Waals surface area contributed by atoms with Crippen LogP contribution in [0.15, 0.2) is 12.1 Å². The minimum absolute atomic E-state index is 0.454. The molecule has 0 aliphatic heterocycles. The Morgan fingerprint density at radius 3 is 2.32 bits per heavy atom. The smallest absolute Gasteiger partial charge is 0.308 e. The van der Waals surface area contributed by atoms with Gasteiger partial charge in [0.15, 0.2) is 0 Å². The lowest BCUT2D eigenvalue weighted by molar-refractivity contribution is -0.142. The van der Waals surface area contributed by atoms with Crippen molar-refractivity contribution in [2.24, 2.45) is 11.7 Å². The number of hydrogen-bond acceptors (Lipinski definition) is 4. The van der Waals surface area contributed by atoms with E-state index in [1.807, 2.05) is 13.0 Å². The zero-order chi connectivity index (χ0) is 14.6. The SMILES string of the molecule is CCC(C(=O)O)C(N)c1cc(OC)c(C)cc1OC. The molecule has 0 heterocycles. The van der Waals surface area contributed by atoms with Gasteiger partial charge in [-0.15, -0.1) is 0 Å². The summed E-state index contributed by atoms with van der Waals surface area (Å²) in [6.45, 7) is 3.70. The second-order valence-corrected chi connectivity index (χ2v) is 4.44. The maximum absolute atomic E-state index is 11.2. The van der Waals surface area contributed by atoms with Crippen molar-refractivity contribution in [3.05, 3.63) is 23.3 Å². The molecular weight excluding hydrogens is 246 g/mol. The first kappa shape index (κ1) is 15.3. The highest BCUT2D eigenvalue weighted by atomic mass is 16.5. The van der Waals surface area contributed by atoms with Gasteiger partial charge in [0, 0.05) is 11.6 Å². The summed E-state index contributed by atoms with van der Waals surface area (Å²) < 4.78 is 10.5. The van der Waals surface area contributed by atoms with E-state index in [1.54, 1.807) is 27.2 Å². The van der Waals surface area contributed by atoms with Crippen molar-refractivity contribution >= 4 is 5.97 Å². The summed E-state index contributed by atoms with van der Waals surface area (Å²) in [5.41, 5.74) is 7.65. The van der Waals surface area contributed by atoms with E-state index in [9.17, 15) is 9.90 Å². The molecule has 0 saturated heterocycles. The van der Waals surface area contributed by atoms with Crippen molar-refractivity contribution < 1.29 is 19.4 Å². The minimum atomic E-state index is -0.906. The number of benzene rings is 1. The third-order valence-electron chi connectivity index (χ3n) is 3.30. The highest BCUT2D eigenvalue weighted by molar-refractivity contribution is 5.71. The predicted octanol–water partition coefficient (Wildman–Crippen LogP) is 2.12. The van der Waals surface area contributed by atoms with E-state index in [2.05, 4.69) is 0 Å². The number of hydrogen-bond donors (Lipinski definition) is 2. The summed E-state index contributed by atoms with van der Waals surface area (Å²) in [7, 11) is 3.11. The van der Waals surface area contributed by atoms with Gasteiger partial charge in [-0.25, -0.2) is 0 Å². The van der Waals surface area contributed by atoms with Gasteiger partial charge in [-0.3, -0.25) is 4.79 Å². The molecule has 0 spiro atoms. The van der Waals surface area contributed by atoms with E-state index in [0.717, 1.165) is 5.56 Å². The Kier molecular flexibility index (Phi) is 5.18. The van der Waals surface area contributed by atoms with Gasteiger partial charge in [-0.2, -0.15) is 0 Å². The van der Waals surface area contributed by atoms with Crippen LogP contribution in [0.5, 0.6) is 11.5 Å². The first-order chi connectivity index (χ1) is 8.96. The number of nitrogens with two attached hydrogens (primary N) is 1. The second-order valence-electron chi connectivity index (χ2n) is 4.44. The van der Waals surface area contributed by atoms with Crippen molar-refractivity contribution in [2.75, 3.05) is 14.2 Å². The summed E-state index contributed by atoms with van der Waals surface area (Å²) in [6, 6.07) is 2.93. The first-order valence-corrected chi connectivity index (χ1v) is 6.17. The molecule has 5 nitrogen and oxygen atoms in total. The minimum Gasteiger partial charge on any atom is -0.496 e. The normalized spacial score (nSPS) is 13.7. The van der Waals surface area contributed by atoms with Crippen LogP contribution in [0, 0.1) is 12.8 Å². The summed E-state index contributed by atoms with van der Waals surface area (Å²) in [6.07, 6.45) is 0.454. The van der Waals surface area contributed by atoms with Crippen LogP contribution in [-0.4, -0.2) is 25.3 Å². The van der Waals surface area contributed by atoms with Crippen LogP contribution in [-0.2, 0) is 4.79 Å². The number of aryl methyl sites for hydroxylation is 1. The highest BCUT2D eigenvalue weighted by Gasteiger charge is 2.27. The van der Waals surface area contributed by atoms with Gasteiger partial charge in [-0.05, 0) is 31.0 Å². The van der Waals surface area contributed by atoms with Crippen LogP contribution in [0.1, 0.15) is 30.5 Å². The summed E-state index contributed by atoms with van der Waals surface area (Å²) in [5.74, 6) is -0.296. The number of ether oxygens (including phenoxy) is 2. The molecule has 5 heteroatoms. The Hall–Kier alpha value is -1.75. The zero-order valence-electron chi connectivity index (χ0n) is 11.8. The van der Waals surface area contributed by atoms with E-state index in [4.69, 9.17) is 15.2 Å². The maximum Gasteiger partial charge on any atom is 0.308 e. The van der Waals surface area contributed by atoms with Crippen LogP contribution in [0.4, 0.5) is 0 Å². The van der Waals surface area contributed by atoms with Crippen LogP contribution in [0.25, 0.3) is 0 Å². The standard InChI is InChI=1S/C14H21NO4/c1-5-9(14(16)17)13(15)10-7-11(18-3)8(2)6-12(10)19-4/h6-7,9,13H,5,15H2,1-4H3,(H,16,17). The average Bonchev–Trinajstić information content (AvgIpc) is 2.38. The Labute approximate surface area is 113 Å². The van der Waals surface area contributed by atoms with Crippen molar-refractivity contribution in [1.82, 2.24) is 0 Å².